The number of likely N-dealkylation sites (N-methyl/N-ethyl adjacent to an activating group) is 1. The van der Waals surface area contributed by atoms with E-state index in [9.17, 15) is 9.18 Å². The van der Waals surface area contributed by atoms with Gasteiger partial charge in [-0.1, -0.05) is 42.5 Å². The molecule has 0 aliphatic carbocycles. The first kappa shape index (κ1) is 23.6. The Morgan fingerprint density at radius 2 is 1.94 bits per heavy atom. The Hall–Kier alpha value is -3.09. The van der Waals surface area contributed by atoms with Crippen molar-refractivity contribution in [2.45, 2.75) is 31.8 Å². The van der Waals surface area contributed by atoms with Crippen LogP contribution in [-0.4, -0.2) is 46.9 Å². The molecule has 1 atom stereocenters. The zero-order valence-electron chi connectivity index (χ0n) is 19.9. The third kappa shape index (κ3) is 5.44. The molecule has 2 aromatic heterocycles. The molecule has 35 heavy (non-hydrogen) atoms. The highest BCUT2D eigenvalue weighted by Gasteiger charge is 2.32. The minimum atomic E-state index is -0.197. The van der Waals surface area contributed by atoms with Crippen molar-refractivity contribution in [1.29, 1.82) is 0 Å². The van der Waals surface area contributed by atoms with Crippen LogP contribution in [0, 0.1) is 11.7 Å². The molecule has 1 saturated heterocycles. The summed E-state index contributed by atoms with van der Waals surface area (Å²) in [5, 5.41) is 3.08. The van der Waals surface area contributed by atoms with Crippen LogP contribution >= 0.6 is 11.3 Å². The van der Waals surface area contributed by atoms with Gasteiger partial charge in [-0.2, -0.15) is 0 Å². The molecule has 6 heteroatoms. The molecule has 2 aromatic carbocycles. The van der Waals surface area contributed by atoms with Crippen molar-refractivity contribution in [3.63, 3.8) is 0 Å². The Balaban J connectivity index is 1.29. The molecule has 1 aliphatic heterocycles. The van der Waals surface area contributed by atoms with Crippen LogP contribution in [0.2, 0.25) is 0 Å². The highest BCUT2D eigenvalue weighted by Crippen LogP contribution is 2.29. The summed E-state index contributed by atoms with van der Waals surface area (Å²) in [5.41, 5.74) is 2.97. The lowest BCUT2D eigenvalue weighted by Crippen LogP contribution is -2.47. The molecule has 1 fully saturated rings. The summed E-state index contributed by atoms with van der Waals surface area (Å²) in [5.74, 6) is 0.141. The van der Waals surface area contributed by atoms with E-state index in [0.29, 0.717) is 17.9 Å². The topological polar surface area (TPSA) is 36.4 Å². The third-order valence-electron chi connectivity index (χ3n) is 7.19. The predicted molar refractivity (Wildman–Crippen MR) is 140 cm³/mol. The summed E-state index contributed by atoms with van der Waals surface area (Å²) in [6.45, 7) is 2.81. The van der Waals surface area contributed by atoms with Gasteiger partial charge in [0.25, 0.3) is 5.91 Å². The molecule has 0 saturated carbocycles. The van der Waals surface area contributed by atoms with Gasteiger partial charge in [0, 0.05) is 31.2 Å². The smallest absolute Gasteiger partial charge is 0.263 e. The maximum atomic E-state index is 14.6. The van der Waals surface area contributed by atoms with Gasteiger partial charge in [-0.25, -0.2) is 4.39 Å². The zero-order valence-corrected chi connectivity index (χ0v) is 20.8. The number of thiophene rings is 1. The van der Waals surface area contributed by atoms with Crippen LogP contribution in [0.4, 0.5) is 4.39 Å². The number of nitrogens with zero attached hydrogens (tertiary/aromatic N) is 3. The van der Waals surface area contributed by atoms with Gasteiger partial charge in [0.2, 0.25) is 0 Å². The molecule has 3 heterocycles. The van der Waals surface area contributed by atoms with E-state index in [2.05, 4.69) is 34.1 Å². The monoisotopic (exact) mass is 487 g/mol. The van der Waals surface area contributed by atoms with Gasteiger partial charge in [-0.15, -0.1) is 11.3 Å². The Kier molecular flexibility index (Phi) is 7.21. The van der Waals surface area contributed by atoms with Crippen molar-refractivity contribution in [1.82, 2.24) is 14.8 Å². The number of pyridine rings is 1. The fraction of sp³-hybridized carbons (Fsp3) is 0.310. The molecule has 0 radical (unpaired) electrons. The minimum Gasteiger partial charge on any atom is -0.337 e. The van der Waals surface area contributed by atoms with E-state index in [1.807, 2.05) is 53.9 Å². The summed E-state index contributed by atoms with van der Waals surface area (Å²) in [7, 11) is 1.88. The molecule has 1 aliphatic rings. The molecule has 4 nitrogen and oxygen atoms in total. The SMILES string of the molecule is CN(C(=O)c1cccs1)[C@@H](Cc1ccccc1F)C1CCN(Cc2ccc3cccnc3c2)CC1. The Labute approximate surface area is 210 Å². The maximum absolute atomic E-state index is 14.6. The van der Waals surface area contributed by atoms with Crippen LogP contribution in [0.3, 0.4) is 0 Å². The number of carbonyl (C=O) groups excluding carboxylic acids is 1. The van der Waals surface area contributed by atoms with E-state index in [-0.39, 0.29) is 17.8 Å². The van der Waals surface area contributed by atoms with Gasteiger partial charge in [-0.05, 0) is 79.0 Å². The highest BCUT2D eigenvalue weighted by molar-refractivity contribution is 7.12. The number of piperidine rings is 1. The number of likely N-dealkylation sites (tertiary alicyclic amines) is 1. The number of hydrogen-bond acceptors (Lipinski definition) is 4. The number of carbonyl (C=O) groups is 1. The van der Waals surface area contributed by atoms with Gasteiger partial charge in [-0.3, -0.25) is 14.7 Å². The van der Waals surface area contributed by atoms with E-state index in [1.165, 1.54) is 23.0 Å². The summed E-state index contributed by atoms with van der Waals surface area (Å²) in [4.78, 5) is 22.8. The first-order chi connectivity index (χ1) is 17.1. The quantitative estimate of drug-likeness (QED) is 0.319. The fourth-order valence-corrected chi connectivity index (χ4v) is 5.90. The molecule has 5 rings (SSSR count). The van der Waals surface area contributed by atoms with Crippen LogP contribution in [0.15, 0.2) is 78.3 Å². The summed E-state index contributed by atoms with van der Waals surface area (Å²) in [6, 6.07) is 21.2. The van der Waals surface area contributed by atoms with Crippen molar-refractivity contribution in [2.24, 2.45) is 5.92 Å². The fourth-order valence-electron chi connectivity index (χ4n) is 5.20. The number of fused-ring (bicyclic) bond motifs is 1. The van der Waals surface area contributed by atoms with Crippen LogP contribution in [0.1, 0.15) is 33.6 Å². The first-order valence-corrected chi connectivity index (χ1v) is 13.1. The van der Waals surface area contributed by atoms with Crippen molar-refractivity contribution in [2.75, 3.05) is 20.1 Å². The van der Waals surface area contributed by atoms with Crippen LogP contribution in [0.5, 0.6) is 0 Å². The Morgan fingerprint density at radius 3 is 2.71 bits per heavy atom. The average Bonchev–Trinajstić information content (AvgIpc) is 3.43. The Bertz CT molecular complexity index is 1280. The lowest BCUT2D eigenvalue weighted by Gasteiger charge is -2.40. The van der Waals surface area contributed by atoms with Gasteiger partial charge in [0.15, 0.2) is 0 Å². The minimum absolute atomic E-state index is 0.0208. The van der Waals surface area contributed by atoms with Crippen LogP contribution < -0.4 is 0 Å². The largest absolute Gasteiger partial charge is 0.337 e. The lowest BCUT2D eigenvalue weighted by molar-refractivity contribution is 0.0588. The maximum Gasteiger partial charge on any atom is 0.263 e. The summed E-state index contributed by atoms with van der Waals surface area (Å²) in [6.07, 6.45) is 4.32. The standard InChI is InChI=1S/C29H30FN3OS/c1-32(29(34)28-9-5-17-35-28)27(19-24-6-2-3-8-25(24)30)23-12-15-33(16-13-23)20-21-10-11-22-7-4-14-31-26(22)18-21/h2-11,14,17-18,23,27H,12-13,15-16,19-20H2,1H3/t27-/m0/s1. The number of hydrogen-bond donors (Lipinski definition) is 0. The molecule has 0 bridgehead atoms. The van der Waals surface area contributed by atoms with Crippen molar-refractivity contribution in [3.05, 3.63) is 100 Å². The first-order valence-electron chi connectivity index (χ1n) is 12.2. The van der Waals surface area contributed by atoms with E-state index in [4.69, 9.17) is 0 Å². The predicted octanol–water partition coefficient (Wildman–Crippen LogP) is 6.03. The molecular formula is C29H30FN3OS. The van der Waals surface area contributed by atoms with Gasteiger partial charge in [0.1, 0.15) is 5.82 Å². The van der Waals surface area contributed by atoms with Crippen molar-refractivity contribution >= 4 is 28.1 Å². The van der Waals surface area contributed by atoms with Crippen LogP contribution in [-0.2, 0) is 13.0 Å². The highest BCUT2D eigenvalue weighted by atomic mass is 32.1. The number of amides is 1. The Morgan fingerprint density at radius 1 is 1.11 bits per heavy atom. The van der Waals surface area contributed by atoms with Crippen molar-refractivity contribution in [3.8, 4) is 0 Å². The van der Waals surface area contributed by atoms with E-state index in [1.54, 1.807) is 6.07 Å². The molecule has 1 amide bonds. The van der Waals surface area contributed by atoms with Crippen molar-refractivity contribution < 1.29 is 9.18 Å². The van der Waals surface area contributed by atoms with Gasteiger partial charge in [0.05, 0.1) is 10.4 Å². The zero-order chi connectivity index (χ0) is 24.2. The van der Waals surface area contributed by atoms with E-state index in [0.717, 1.165) is 48.3 Å². The number of benzene rings is 2. The van der Waals surface area contributed by atoms with Gasteiger partial charge < -0.3 is 4.90 Å². The second kappa shape index (κ2) is 10.7. The van der Waals surface area contributed by atoms with E-state index < -0.39 is 0 Å². The second-order valence-electron chi connectivity index (χ2n) is 9.40. The molecule has 0 unspecified atom stereocenters. The second-order valence-corrected chi connectivity index (χ2v) is 10.3. The van der Waals surface area contributed by atoms with E-state index >= 15 is 0 Å². The molecular weight excluding hydrogens is 457 g/mol. The lowest BCUT2D eigenvalue weighted by atomic mass is 9.84. The normalized spacial score (nSPS) is 15.8. The van der Waals surface area contributed by atoms with Gasteiger partial charge >= 0.3 is 0 Å². The number of rotatable bonds is 7. The average molecular weight is 488 g/mol. The number of halogens is 1. The van der Waals surface area contributed by atoms with Crippen LogP contribution in [0.25, 0.3) is 10.9 Å². The molecule has 0 spiro atoms. The molecule has 4 aromatic rings. The third-order valence-corrected chi connectivity index (χ3v) is 8.05. The summed E-state index contributed by atoms with van der Waals surface area (Å²) >= 11 is 1.46. The molecule has 0 N–H and O–H groups in total. The number of aromatic nitrogens is 1. The summed E-state index contributed by atoms with van der Waals surface area (Å²) < 4.78 is 14.6. The molecule has 180 valence electrons.